The van der Waals surface area contributed by atoms with Crippen molar-refractivity contribution in [2.24, 2.45) is 0 Å². The average Bonchev–Trinajstić information content (AvgIpc) is 2.52. The number of pyridine rings is 1. The van der Waals surface area contributed by atoms with Gasteiger partial charge >= 0.3 is 12.1 Å². The highest BCUT2D eigenvalue weighted by atomic mass is 19.4. The van der Waals surface area contributed by atoms with Gasteiger partial charge in [-0.05, 0) is 12.1 Å². The highest BCUT2D eigenvalue weighted by molar-refractivity contribution is 5.88. The van der Waals surface area contributed by atoms with Crippen molar-refractivity contribution in [3.63, 3.8) is 0 Å². The number of carbonyl (C=O) groups is 1. The maximum Gasteiger partial charge on any atom is 0.418 e. The highest BCUT2D eigenvalue weighted by Crippen LogP contribution is 2.35. The number of hydrogen-bond acceptors (Lipinski definition) is 4. The van der Waals surface area contributed by atoms with Crippen LogP contribution in [0.15, 0.2) is 46.2 Å². The number of fused-ring (bicyclic) bond motifs is 1. The quantitative estimate of drug-likeness (QED) is 0.732. The minimum atomic E-state index is -4.75. The summed E-state index contributed by atoms with van der Waals surface area (Å²) in [6.07, 6.45) is -2.47. The minimum Gasteiger partial charge on any atom is -0.476 e. The number of halogens is 3. The molecule has 3 aromatic rings. The van der Waals surface area contributed by atoms with E-state index in [4.69, 9.17) is 5.11 Å². The molecule has 3 rings (SSSR count). The van der Waals surface area contributed by atoms with E-state index in [-0.39, 0.29) is 22.1 Å². The van der Waals surface area contributed by atoms with Crippen LogP contribution in [-0.2, 0) is 6.18 Å². The summed E-state index contributed by atoms with van der Waals surface area (Å²) in [7, 11) is 0. The second-order valence-electron chi connectivity index (χ2n) is 5.05. The monoisotopic (exact) mass is 351 g/mol. The largest absolute Gasteiger partial charge is 0.476 e. The molecule has 2 heterocycles. The predicted molar refractivity (Wildman–Crippen MR) is 79.9 cm³/mol. The standard InChI is InChI=1S/C15H8F3N3O4/c16-15(17,18)8-5-9-10(19-12(14(24)25)13(23)20-9)6-11(8)21-3-1-7(22)2-4-21/h1-6H,(H,20,23)(H,24,25). The maximum absolute atomic E-state index is 13.4. The van der Waals surface area contributed by atoms with Crippen molar-refractivity contribution in [3.8, 4) is 5.69 Å². The van der Waals surface area contributed by atoms with Crippen LogP contribution in [0.5, 0.6) is 0 Å². The third kappa shape index (κ3) is 3.01. The van der Waals surface area contributed by atoms with Crippen LogP contribution < -0.4 is 11.0 Å². The lowest BCUT2D eigenvalue weighted by molar-refractivity contribution is -0.137. The number of rotatable bonds is 2. The first-order valence-corrected chi connectivity index (χ1v) is 6.74. The smallest absolute Gasteiger partial charge is 0.418 e. The number of H-pyrrole nitrogens is 1. The molecule has 25 heavy (non-hydrogen) atoms. The number of aromatic nitrogens is 3. The Kier molecular flexibility index (Phi) is 3.67. The van der Waals surface area contributed by atoms with Gasteiger partial charge in [0.25, 0.3) is 5.56 Å². The summed E-state index contributed by atoms with van der Waals surface area (Å²) in [6, 6.07) is 3.81. The molecule has 0 fully saturated rings. The molecule has 0 atom stereocenters. The third-order valence-electron chi connectivity index (χ3n) is 3.39. The zero-order valence-corrected chi connectivity index (χ0v) is 12.2. The van der Waals surface area contributed by atoms with E-state index in [2.05, 4.69) is 9.97 Å². The lowest BCUT2D eigenvalue weighted by atomic mass is 10.1. The summed E-state index contributed by atoms with van der Waals surface area (Å²) < 4.78 is 41.2. The molecule has 0 radical (unpaired) electrons. The number of carboxylic acid groups (broad SMARTS) is 1. The Labute approximate surface area is 136 Å². The van der Waals surface area contributed by atoms with Crippen LogP contribution in [0.2, 0.25) is 0 Å². The molecule has 0 saturated carbocycles. The predicted octanol–water partition coefficient (Wildman–Crippen LogP) is 1.79. The summed E-state index contributed by atoms with van der Waals surface area (Å²) >= 11 is 0. The van der Waals surface area contributed by atoms with Crippen LogP contribution in [0, 0.1) is 0 Å². The molecule has 0 saturated heterocycles. The normalized spacial score (nSPS) is 11.6. The number of carboxylic acids is 1. The van der Waals surface area contributed by atoms with Gasteiger partial charge in [0.1, 0.15) is 0 Å². The van der Waals surface area contributed by atoms with Gasteiger partial charge in [-0.2, -0.15) is 13.2 Å². The van der Waals surface area contributed by atoms with Crippen molar-refractivity contribution in [2.75, 3.05) is 0 Å². The summed E-state index contributed by atoms with van der Waals surface area (Å²) in [5.74, 6) is -1.60. The third-order valence-corrected chi connectivity index (χ3v) is 3.39. The second kappa shape index (κ2) is 5.58. The highest BCUT2D eigenvalue weighted by Gasteiger charge is 2.34. The van der Waals surface area contributed by atoms with Gasteiger partial charge in [-0.15, -0.1) is 0 Å². The first-order chi connectivity index (χ1) is 11.7. The van der Waals surface area contributed by atoms with Gasteiger partial charge in [0.05, 0.1) is 22.3 Å². The van der Waals surface area contributed by atoms with Gasteiger partial charge in [-0.1, -0.05) is 0 Å². The Morgan fingerprint density at radius 1 is 1.16 bits per heavy atom. The van der Waals surface area contributed by atoms with E-state index in [9.17, 15) is 27.6 Å². The Hall–Kier alpha value is -3.43. The maximum atomic E-state index is 13.4. The van der Waals surface area contributed by atoms with Crippen molar-refractivity contribution in [1.29, 1.82) is 0 Å². The van der Waals surface area contributed by atoms with Crippen molar-refractivity contribution >= 4 is 17.0 Å². The average molecular weight is 351 g/mol. The summed E-state index contributed by atoms with van der Waals surface area (Å²) in [5.41, 5.74) is -4.17. The minimum absolute atomic E-state index is 0.140. The molecule has 2 N–H and O–H groups in total. The van der Waals surface area contributed by atoms with Gasteiger partial charge in [-0.25, -0.2) is 9.78 Å². The first kappa shape index (κ1) is 16.4. The fourth-order valence-electron chi connectivity index (χ4n) is 2.28. The van der Waals surface area contributed by atoms with Crippen LogP contribution in [-0.4, -0.2) is 25.6 Å². The SMILES string of the molecule is O=C(O)c1nc2cc(-n3ccc(=O)cc3)c(C(F)(F)F)cc2[nH]c1=O. The Morgan fingerprint density at radius 3 is 2.36 bits per heavy atom. The summed E-state index contributed by atoms with van der Waals surface area (Å²) in [4.78, 5) is 39.4. The Balaban J connectivity index is 2.38. The molecule has 128 valence electrons. The van der Waals surface area contributed by atoms with Crippen molar-refractivity contribution in [2.45, 2.75) is 6.18 Å². The zero-order valence-electron chi connectivity index (χ0n) is 12.2. The summed E-state index contributed by atoms with van der Waals surface area (Å²) in [5, 5.41) is 8.92. The zero-order chi connectivity index (χ0) is 18.4. The molecule has 2 aromatic heterocycles. The molecule has 0 spiro atoms. The van der Waals surface area contributed by atoms with E-state index in [1.165, 1.54) is 0 Å². The fraction of sp³-hybridized carbons (Fsp3) is 0.0667. The van der Waals surface area contributed by atoms with E-state index in [0.29, 0.717) is 6.07 Å². The van der Waals surface area contributed by atoms with Gasteiger partial charge in [0.2, 0.25) is 5.69 Å². The van der Waals surface area contributed by atoms with E-state index in [0.717, 1.165) is 35.2 Å². The van der Waals surface area contributed by atoms with Crippen LogP contribution >= 0.6 is 0 Å². The van der Waals surface area contributed by atoms with Gasteiger partial charge in [0, 0.05) is 24.5 Å². The van der Waals surface area contributed by atoms with E-state index in [1.807, 2.05) is 0 Å². The van der Waals surface area contributed by atoms with Crippen molar-refractivity contribution < 1.29 is 23.1 Å². The van der Waals surface area contributed by atoms with Crippen LogP contribution in [0.4, 0.5) is 13.2 Å². The number of aromatic carboxylic acids is 1. The number of benzene rings is 1. The van der Waals surface area contributed by atoms with E-state index >= 15 is 0 Å². The molecule has 0 aliphatic carbocycles. The van der Waals surface area contributed by atoms with Crippen LogP contribution in [0.1, 0.15) is 16.1 Å². The number of nitrogens with one attached hydrogen (secondary N) is 1. The van der Waals surface area contributed by atoms with E-state index < -0.39 is 29.0 Å². The molecular weight excluding hydrogens is 343 g/mol. The van der Waals surface area contributed by atoms with Gasteiger partial charge in [-0.3, -0.25) is 9.59 Å². The van der Waals surface area contributed by atoms with E-state index in [1.54, 1.807) is 0 Å². The first-order valence-electron chi connectivity index (χ1n) is 6.74. The number of nitrogens with zero attached hydrogens (tertiary/aromatic N) is 2. The molecule has 0 amide bonds. The molecule has 1 aromatic carbocycles. The molecule has 0 aliphatic heterocycles. The van der Waals surface area contributed by atoms with Crippen molar-refractivity contribution in [1.82, 2.24) is 14.5 Å². The topological polar surface area (TPSA) is 105 Å². The molecule has 7 nitrogen and oxygen atoms in total. The molecule has 0 bridgehead atoms. The van der Waals surface area contributed by atoms with Crippen LogP contribution in [0.25, 0.3) is 16.7 Å². The number of alkyl halides is 3. The Morgan fingerprint density at radius 2 is 1.80 bits per heavy atom. The van der Waals surface area contributed by atoms with Gasteiger partial charge < -0.3 is 14.7 Å². The lowest BCUT2D eigenvalue weighted by Gasteiger charge is -2.16. The Bertz CT molecular complexity index is 1100. The summed E-state index contributed by atoms with van der Waals surface area (Å²) in [6.45, 7) is 0. The molecule has 10 heteroatoms. The second-order valence-corrected chi connectivity index (χ2v) is 5.05. The molecule has 0 aliphatic rings. The van der Waals surface area contributed by atoms with Crippen molar-refractivity contribution in [3.05, 3.63) is 68.5 Å². The lowest BCUT2D eigenvalue weighted by Crippen LogP contribution is -2.20. The van der Waals surface area contributed by atoms with Crippen LogP contribution in [0.3, 0.4) is 0 Å². The van der Waals surface area contributed by atoms with Gasteiger partial charge in [0.15, 0.2) is 5.43 Å². The fourth-order valence-corrected chi connectivity index (χ4v) is 2.28. The molecule has 0 unspecified atom stereocenters. The number of hydrogen-bond donors (Lipinski definition) is 2. The molecular formula is C15H8F3N3O4. The number of aromatic amines is 1.